The predicted octanol–water partition coefficient (Wildman–Crippen LogP) is 3.44. The van der Waals surface area contributed by atoms with E-state index in [0.29, 0.717) is 6.54 Å². The molecular formula is C14H16N2OS. The molecule has 2 rings (SSSR count). The molecule has 0 unspecified atom stereocenters. The van der Waals surface area contributed by atoms with Crippen molar-refractivity contribution in [3.63, 3.8) is 0 Å². The highest BCUT2D eigenvalue weighted by atomic mass is 32.2. The topological polar surface area (TPSA) is 48.1 Å². The lowest BCUT2D eigenvalue weighted by molar-refractivity contribution is 0.472. The van der Waals surface area contributed by atoms with Crippen LogP contribution in [0.3, 0.4) is 0 Å². The zero-order valence-electron chi connectivity index (χ0n) is 10.3. The van der Waals surface area contributed by atoms with Crippen molar-refractivity contribution in [2.45, 2.75) is 18.4 Å². The van der Waals surface area contributed by atoms with Gasteiger partial charge in [0, 0.05) is 23.2 Å². The molecular weight excluding hydrogens is 244 g/mol. The van der Waals surface area contributed by atoms with Gasteiger partial charge in [-0.15, -0.1) is 11.8 Å². The number of nitrogens with zero attached hydrogens (tertiary/aromatic N) is 1. The summed E-state index contributed by atoms with van der Waals surface area (Å²) in [5.41, 5.74) is 6.88. The van der Waals surface area contributed by atoms with Crippen molar-refractivity contribution >= 4 is 11.8 Å². The van der Waals surface area contributed by atoms with Gasteiger partial charge in [-0.25, -0.2) is 0 Å². The molecule has 0 saturated carbocycles. The van der Waals surface area contributed by atoms with Crippen LogP contribution < -0.4 is 10.5 Å². The molecule has 0 aliphatic rings. The van der Waals surface area contributed by atoms with Gasteiger partial charge in [-0.3, -0.25) is 4.98 Å². The number of rotatable bonds is 5. The van der Waals surface area contributed by atoms with Crippen molar-refractivity contribution in [1.82, 2.24) is 4.98 Å². The number of hydrogen-bond donors (Lipinski definition) is 1. The highest BCUT2D eigenvalue weighted by Crippen LogP contribution is 2.32. The third kappa shape index (κ3) is 3.03. The van der Waals surface area contributed by atoms with Crippen molar-refractivity contribution in [3.8, 4) is 11.5 Å². The number of nitrogens with two attached hydrogens (primary N) is 1. The fourth-order valence-corrected chi connectivity index (χ4v) is 2.51. The number of aromatic nitrogens is 1. The molecule has 0 bridgehead atoms. The second-order valence-corrected chi connectivity index (χ2v) is 4.97. The molecule has 0 fully saturated rings. The van der Waals surface area contributed by atoms with Crippen molar-refractivity contribution in [2.75, 3.05) is 5.75 Å². The van der Waals surface area contributed by atoms with Crippen LogP contribution in [-0.4, -0.2) is 10.7 Å². The first-order valence-electron chi connectivity index (χ1n) is 5.87. The molecule has 2 N–H and O–H groups in total. The Labute approximate surface area is 111 Å². The van der Waals surface area contributed by atoms with E-state index in [0.717, 1.165) is 22.8 Å². The van der Waals surface area contributed by atoms with Crippen molar-refractivity contribution in [1.29, 1.82) is 0 Å². The lowest BCUT2D eigenvalue weighted by atomic mass is 10.2. The maximum Gasteiger partial charge on any atom is 0.145 e. The van der Waals surface area contributed by atoms with Crippen LogP contribution in [0, 0.1) is 0 Å². The smallest absolute Gasteiger partial charge is 0.145 e. The number of benzene rings is 1. The number of thioether (sulfide) groups is 1. The molecule has 18 heavy (non-hydrogen) atoms. The minimum Gasteiger partial charge on any atom is -0.455 e. The fourth-order valence-electron chi connectivity index (χ4n) is 1.67. The van der Waals surface area contributed by atoms with Gasteiger partial charge in [-0.1, -0.05) is 13.0 Å². The van der Waals surface area contributed by atoms with Crippen LogP contribution in [0.5, 0.6) is 11.5 Å². The molecule has 1 heterocycles. The van der Waals surface area contributed by atoms with E-state index in [1.54, 1.807) is 24.2 Å². The Balaban J connectivity index is 2.30. The van der Waals surface area contributed by atoms with Crippen LogP contribution in [-0.2, 0) is 6.54 Å². The van der Waals surface area contributed by atoms with Gasteiger partial charge in [0.05, 0.1) is 6.20 Å². The molecule has 1 aromatic heterocycles. The van der Waals surface area contributed by atoms with Crippen molar-refractivity contribution in [2.24, 2.45) is 5.73 Å². The number of pyridine rings is 1. The minimum atomic E-state index is 0.471. The second-order valence-electron chi connectivity index (χ2n) is 3.66. The monoisotopic (exact) mass is 260 g/mol. The van der Waals surface area contributed by atoms with Crippen molar-refractivity contribution in [3.05, 3.63) is 48.3 Å². The van der Waals surface area contributed by atoms with Crippen LogP contribution in [0.15, 0.2) is 47.6 Å². The van der Waals surface area contributed by atoms with Gasteiger partial charge in [0.15, 0.2) is 0 Å². The molecule has 4 heteroatoms. The van der Waals surface area contributed by atoms with E-state index < -0.39 is 0 Å². The Morgan fingerprint density at radius 1 is 1.28 bits per heavy atom. The van der Waals surface area contributed by atoms with Crippen LogP contribution >= 0.6 is 11.8 Å². The SMILES string of the molecule is CCSc1cccc(Oc2cccnc2)c1CN. The van der Waals surface area contributed by atoms with Crippen molar-refractivity contribution < 1.29 is 4.74 Å². The Morgan fingerprint density at radius 3 is 2.83 bits per heavy atom. The van der Waals surface area contributed by atoms with Gasteiger partial charge in [0.1, 0.15) is 11.5 Å². The standard InChI is InChI=1S/C14H16N2OS/c1-2-18-14-7-3-6-13(12(14)9-15)17-11-5-4-8-16-10-11/h3-8,10H,2,9,15H2,1H3. The second kappa shape index (κ2) is 6.42. The van der Waals surface area contributed by atoms with Gasteiger partial charge in [0.2, 0.25) is 0 Å². The molecule has 1 aromatic carbocycles. The van der Waals surface area contributed by atoms with E-state index in [4.69, 9.17) is 10.5 Å². The van der Waals surface area contributed by atoms with E-state index in [9.17, 15) is 0 Å². The maximum absolute atomic E-state index is 5.83. The summed E-state index contributed by atoms with van der Waals surface area (Å²) in [4.78, 5) is 5.22. The number of ether oxygens (including phenoxy) is 1. The Morgan fingerprint density at radius 2 is 2.17 bits per heavy atom. The molecule has 2 aromatic rings. The zero-order chi connectivity index (χ0) is 12.8. The first-order valence-corrected chi connectivity index (χ1v) is 6.86. The Kier molecular flexibility index (Phi) is 4.61. The fraction of sp³-hybridized carbons (Fsp3) is 0.214. The summed E-state index contributed by atoms with van der Waals surface area (Å²) in [6.07, 6.45) is 3.42. The summed E-state index contributed by atoms with van der Waals surface area (Å²) >= 11 is 1.78. The average molecular weight is 260 g/mol. The maximum atomic E-state index is 5.83. The van der Waals surface area contributed by atoms with Gasteiger partial charge < -0.3 is 10.5 Å². The summed E-state index contributed by atoms with van der Waals surface area (Å²) in [5, 5.41) is 0. The van der Waals surface area contributed by atoms with Gasteiger partial charge in [-0.2, -0.15) is 0 Å². The summed E-state index contributed by atoms with van der Waals surface area (Å²) in [6, 6.07) is 9.74. The summed E-state index contributed by atoms with van der Waals surface area (Å²) in [6.45, 7) is 2.60. The molecule has 0 atom stereocenters. The summed E-state index contributed by atoms with van der Waals surface area (Å²) in [5.74, 6) is 2.55. The van der Waals surface area contributed by atoms with Gasteiger partial charge in [0.25, 0.3) is 0 Å². The molecule has 94 valence electrons. The molecule has 0 saturated heterocycles. The van der Waals surface area contributed by atoms with Crippen LogP contribution in [0.4, 0.5) is 0 Å². The van der Waals surface area contributed by atoms with E-state index in [1.165, 1.54) is 4.90 Å². The zero-order valence-corrected chi connectivity index (χ0v) is 11.1. The van der Waals surface area contributed by atoms with Gasteiger partial charge in [-0.05, 0) is 30.0 Å². The first-order chi connectivity index (χ1) is 8.85. The molecule has 0 aliphatic heterocycles. The highest BCUT2D eigenvalue weighted by Gasteiger charge is 2.08. The van der Waals surface area contributed by atoms with E-state index in [-0.39, 0.29) is 0 Å². The Hall–Kier alpha value is -1.52. The normalized spacial score (nSPS) is 10.3. The van der Waals surface area contributed by atoms with Gasteiger partial charge >= 0.3 is 0 Å². The molecule has 0 radical (unpaired) electrons. The molecule has 3 nitrogen and oxygen atoms in total. The lowest BCUT2D eigenvalue weighted by Gasteiger charge is -2.13. The molecule has 0 spiro atoms. The van der Waals surface area contributed by atoms with E-state index in [2.05, 4.69) is 18.0 Å². The highest BCUT2D eigenvalue weighted by molar-refractivity contribution is 7.99. The summed E-state index contributed by atoms with van der Waals surface area (Å²) in [7, 11) is 0. The third-order valence-electron chi connectivity index (χ3n) is 2.46. The van der Waals surface area contributed by atoms with Crippen LogP contribution in [0.2, 0.25) is 0 Å². The first kappa shape index (κ1) is 12.9. The largest absolute Gasteiger partial charge is 0.455 e. The Bertz CT molecular complexity index is 502. The third-order valence-corrected chi connectivity index (χ3v) is 3.44. The van der Waals surface area contributed by atoms with E-state index in [1.807, 2.05) is 24.3 Å². The predicted molar refractivity (Wildman–Crippen MR) is 75.0 cm³/mol. The number of hydrogen-bond acceptors (Lipinski definition) is 4. The van der Waals surface area contributed by atoms with Crippen LogP contribution in [0.1, 0.15) is 12.5 Å². The molecule has 0 amide bonds. The summed E-state index contributed by atoms with van der Waals surface area (Å²) < 4.78 is 5.83. The van der Waals surface area contributed by atoms with E-state index >= 15 is 0 Å². The lowest BCUT2D eigenvalue weighted by Crippen LogP contribution is -2.01. The molecule has 0 aliphatic carbocycles. The minimum absolute atomic E-state index is 0.471. The quantitative estimate of drug-likeness (QED) is 0.837. The van der Waals surface area contributed by atoms with Crippen LogP contribution in [0.25, 0.3) is 0 Å². The average Bonchev–Trinajstić information content (AvgIpc) is 2.41.